The van der Waals surface area contributed by atoms with Crippen molar-refractivity contribution in [2.75, 3.05) is 20.3 Å². The van der Waals surface area contributed by atoms with E-state index in [9.17, 15) is 13.5 Å². The molecule has 8 heteroatoms. The lowest BCUT2D eigenvalue weighted by Crippen LogP contribution is -2.41. The Hall–Kier alpha value is -0.960. The Morgan fingerprint density at radius 1 is 1.53 bits per heavy atom. The number of ether oxygens (including phenoxy) is 1. The zero-order valence-electron chi connectivity index (χ0n) is 11.7. The molecule has 1 heterocycles. The summed E-state index contributed by atoms with van der Waals surface area (Å²) in [6.45, 7) is 5.43. The Kier molecular flexibility index (Phi) is 5.48. The van der Waals surface area contributed by atoms with Crippen LogP contribution < -0.4 is 0 Å². The number of hydrogen-bond acceptors (Lipinski definition) is 5. The van der Waals surface area contributed by atoms with Crippen LogP contribution in [-0.2, 0) is 21.4 Å². The smallest absolute Gasteiger partial charge is 0.263 e. The van der Waals surface area contributed by atoms with E-state index in [1.54, 1.807) is 20.8 Å². The summed E-state index contributed by atoms with van der Waals surface area (Å²) in [5.41, 5.74) is 0.861. The molecule has 1 unspecified atom stereocenters. The SMILES string of the molecule is CCN(C(C)COC)S(=O)(=O)c1n[nH]c(C)c1CO. The van der Waals surface area contributed by atoms with Gasteiger partial charge in [0, 0.05) is 31.0 Å². The fourth-order valence-electron chi connectivity index (χ4n) is 1.98. The van der Waals surface area contributed by atoms with Crippen molar-refractivity contribution in [1.29, 1.82) is 0 Å². The van der Waals surface area contributed by atoms with Crippen molar-refractivity contribution in [3.05, 3.63) is 11.3 Å². The number of aryl methyl sites for hydroxylation is 1. The topological polar surface area (TPSA) is 95.5 Å². The van der Waals surface area contributed by atoms with Crippen molar-refractivity contribution in [2.24, 2.45) is 0 Å². The number of rotatable bonds is 7. The highest BCUT2D eigenvalue weighted by molar-refractivity contribution is 7.89. The van der Waals surface area contributed by atoms with Gasteiger partial charge in [-0.3, -0.25) is 5.10 Å². The van der Waals surface area contributed by atoms with Gasteiger partial charge in [-0.25, -0.2) is 8.42 Å². The van der Waals surface area contributed by atoms with Crippen molar-refractivity contribution in [2.45, 2.75) is 38.4 Å². The summed E-state index contributed by atoms with van der Waals surface area (Å²) in [5.74, 6) is 0. The Morgan fingerprint density at radius 3 is 2.63 bits per heavy atom. The number of sulfonamides is 1. The minimum absolute atomic E-state index is 0.114. The number of aliphatic hydroxyl groups is 1. The molecule has 0 aromatic carbocycles. The van der Waals surface area contributed by atoms with Crippen LogP contribution in [0.25, 0.3) is 0 Å². The zero-order valence-corrected chi connectivity index (χ0v) is 12.5. The second kappa shape index (κ2) is 6.47. The minimum Gasteiger partial charge on any atom is -0.392 e. The third-order valence-corrected chi connectivity index (χ3v) is 5.02. The molecule has 1 atom stereocenters. The molecule has 1 aromatic heterocycles. The highest BCUT2D eigenvalue weighted by Crippen LogP contribution is 2.22. The van der Waals surface area contributed by atoms with Gasteiger partial charge in [0.15, 0.2) is 5.03 Å². The van der Waals surface area contributed by atoms with Gasteiger partial charge in [0.05, 0.1) is 13.2 Å². The number of aromatic nitrogens is 2. The molecule has 0 aliphatic heterocycles. The minimum atomic E-state index is -3.74. The van der Waals surface area contributed by atoms with Crippen LogP contribution in [0, 0.1) is 6.92 Å². The van der Waals surface area contributed by atoms with Gasteiger partial charge in [0.2, 0.25) is 0 Å². The van der Waals surface area contributed by atoms with Crippen LogP contribution in [-0.4, -0.2) is 54.3 Å². The van der Waals surface area contributed by atoms with Gasteiger partial charge in [-0.2, -0.15) is 9.40 Å². The molecule has 0 fully saturated rings. The number of nitrogens with one attached hydrogen (secondary N) is 1. The second-order valence-electron chi connectivity index (χ2n) is 4.30. The first-order chi connectivity index (χ1) is 8.89. The summed E-state index contributed by atoms with van der Waals surface area (Å²) in [5, 5.41) is 15.6. The summed E-state index contributed by atoms with van der Waals surface area (Å²) in [6, 6.07) is -0.302. The molecule has 0 saturated carbocycles. The lowest BCUT2D eigenvalue weighted by molar-refractivity contribution is 0.142. The van der Waals surface area contributed by atoms with Crippen LogP contribution in [0.3, 0.4) is 0 Å². The average Bonchev–Trinajstić information content (AvgIpc) is 2.71. The Bertz CT molecular complexity index is 512. The van der Waals surface area contributed by atoms with Crippen LogP contribution in [0.4, 0.5) is 0 Å². The number of nitrogens with zero attached hydrogens (tertiary/aromatic N) is 2. The van der Waals surface area contributed by atoms with Crippen LogP contribution in [0.1, 0.15) is 25.1 Å². The molecule has 0 spiro atoms. The fraction of sp³-hybridized carbons (Fsp3) is 0.727. The number of aliphatic hydroxyl groups excluding tert-OH is 1. The molecule has 7 nitrogen and oxygen atoms in total. The summed E-state index contributed by atoms with van der Waals surface area (Å²) in [4.78, 5) is 0. The van der Waals surface area contributed by atoms with Crippen LogP contribution in [0.5, 0.6) is 0 Å². The normalized spacial score (nSPS) is 14.0. The van der Waals surface area contributed by atoms with E-state index in [1.807, 2.05) is 0 Å². The van der Waals surface area contributed by atoms with E-state index < -0.39 is 10.0 Å². The predicted octanol–water partition coefficient (Wildman–Crippen LogP) is 0.256. The second-order valence-corrected chi connectivity index (χ2v) is 6.11. The van der Waals surface area contributed by atoms with E-state index in [1.165, 1.54) is 11.4 Å². The highest BCUT2D eigenvalue weighted by atomic mass is 32.2. The molecule has 0 amide bonds. The molecule has 2 N–H and O–H groups in total. The maximum Gasteiger partial charge on any atom is 0.263 e. The van der Waals surface area contributed by atoms with E-state index in [0.717, 1.165) is 0 Å². The summed E-state index contributed by atoms with van der Waals surface area (Å²) in [7, 11) is -2.22. The summed E-state index contributed by atoms with van der Waals surface area (Å²) >= 11 is 0. The third-order valence-electron chi connectivity index (χ3n) is 2.96. The quantitative estimate of drug-likeness (QED) is 0.751. The van der Waals surface area contributed by atoms with Gasteiger partial charge in [0.25, 0.3) is 10.0 Å². The number of methoxy groups -OCH3 is 1. The lowest BCUT2D eigenvalue weighted by Gasteiger charge is -2.26. The van der Waals surface area contributed by atoms with Gasteiger partial charge >= 0.3 is 0 Å². The molecule has 0 aliphatic carbocycles. The van der Waals surface area contributed by atoms with Crippen molar-refractivity contribution in [3.63, 3.8) is 0 Å². The molecule has 0 aliphatic rings. The first kappa shape index (κ1) is 16.1. The van der Waals surface area contributed by atoms with Crippen molar-refractivity contribution in [3.8, 4) is 0 Å². The van der Waals surface area contributed by atoms with Gasteiger partial charge in [0.1, 0.15) is 0 Å². The Morgan fingerprint density at radius 2 is 2.16 bits per heavy atom. The molecule has 1 aromatic rings. The number of likely N-dealkylation sites (N-methyl/N-ethyl adjacent to an activating group) is 1. The molecular formula is C11H21N3O4S. The number of H-pyrrole nitrogens is 1. The molecule has 0 radical (unpaired) electrons. The maximum atomic E-state index is 12.5. The highest BCUT2D eigenvalue weighted by Gasteiger charge is 2.32. The predicted molar refractivity (Wildman–Crippen MR) is 70.2 cm³/mol. The van der Waals surface area contributed by atoms with Crippen molar-refractivity contribution < 1.29 is 18.3 Å². The molecule has 19 heavy (non-hydrogen) atoms. The molecular weight excluding hydrogens is 270 g/mol. The van der Waals surface area contributed by atoms with Gasteiger partial charge in [-0.15, -0.1) is 0 Å². The van der Waals surface area contributed by atoms with Crippen LogP contribution in [0.15, 0.2) is 5.03 Å². The number of aromatic amines is 1. The Balaban J connectivity index is 3.20. The Labute approximate surface area is 113 Å². The largest absolute Gasteiger partial charge is 0.392 e. The molecule has 0 saturated heterocycles. The first-order valence-corrected chi connectivity index (χ1v) is 7.49. The monoisotopic (exact) mass is 291 g/mol. The molecule has 110 valence electrons. The number of hydrogen-bond donors (Lipinski definition) is 2. The van der Waals surface area contributed by atoms with Gasteiger partial charge in [-0.1, -0.05) is 6.92 Å². The fourth-order valence-corrected chi connectivity index (χ4v) is 3.77. The van der Waals surface area contributed by atoms with Gasteiger partial charge < -0.3 is 9.84 Å². The van der Waals surface area contributed by atoms with Crippen molar-refractivity contribution in [1.82, 2.24) is 14.5 Å². The lowest BCUT2D eigenvalue weighted by atomic mass is 10.3. The first-order valence-electron chi connectivity index (χ1n) is 6.05. The van der Waals surface area contributed by atoms with E-state index in [0.29, 0.717) is 24.4 Å². The maximum absolute atomic E-state index is 12.5. The zero-order chi connectivity index (χ0) is 14.6. The van der Waals surface area contributed by atoms with Crippen LogP contribution in [0.2, 0.25) is 0 Å². The van der Waals surface area contributed by atoms with E-state index in [-0.39, 0.29) is 17.7 Å². The van der Waals surface area contributed by atoms with Gasteiger partial charge in [-0.05, 0) is 13.8 Å². The summed E-state index contributed by atoms with van der Waals surface area (Å²) in [6.07, 6.45) is 0. The van der Waals surface area contributed by atoms with E-state index in [2.05, 4.69) is 10.2 Å². The summed E-state index contributed by atoms with van der Waals surface area (Å²) < 4.78 is 31.4. The third kappa shape index (κ3) is 3.14. The standard InChI is InChI=1S/C11H21N3O4S/c1-5-14(8(2)7-18-4)19(16,17)11-10(6-15)9(3)12-13-11/h8,15H,5-7H2,1-4H3,(H,12,13). The van der Waals surface area contributed by atoms with E-state index in [4.69, 9.17) is 4.74 Å². The van der Waals surface area contributed by atoms with E-state index >= 15 is 0 Å². The van der Waals surface area contributed by atoms with Crippen molar-refractivity contribution >= 4 is 10.0 Å². The molecule has 1 rings (SSSR count). The van der Waals surface area contributed by atoms with Crippen LogP contribution >= 0.6 is 0 Å². The average molecular weight is 291 g/mol. The molecule has 0 bridgehead atoms.